The van der Waals surface area contributed by atoms with Gasteiger partial charge >= 0.3 is 203 Å². The summed E-state index contributed by atoms with van der Waals surface area (Å²) in [6.07, 6.45) is 51.7. The van der Waals surface area contributed by atoms with Crippen LogP contribution in [0.4, 0.5) is 4.79 Å². The van der Waals surface area contributed by atoms with E-state index in [2.05, 4.69) is 62.5 Å². The van der Waals surface area contributed by atoms with Crippen molar-refractivity contribution in [2.45, 2.75) is 204 Å². The molecule has 0 aliphatic rings. The van der Waals surface area contributed by atoms with Gasteiger partial charge in [-0.25, -0.2) is 0 Å². The van der Waals surface area contributed by atoms with Crippen LogP contribution >= 0.6 is 0 Å². The molecule has 0 spiro atoms. The molecule has 1 unspecified atom stereocenters. The van der Waals surface area contributed by atoms with Crippen LogP contribution in [-0.4, -0.2) is 46.8 Å². The van der Waals surface area contributed by atoms with Gasteiger partial charge in [-0.1, -0.05) is 76.0 Å². The van der Waals surface area contributed by atoms with Crippen molar-refractivity contribution in [1.29, 1.82) is 0 Å². The van der Waals surface area contributed by atoms with Crippen LogP contribution in [0, 0.1) is 0 Å². The molecule has 292 valence electrons. The first-order valence-electron chi connectivity index (χ1n) is 20.7. The van der Waals surface area contributed by atoms with Crippen molar-refractivity contribution >= 4 is 29.5 Å². The Kier molecular flexibility index (Phi) is 36.8. The summed E-state index contributed by atoms with van der Waals surface area (Å²) in [6, 6.07) is 0. The molecule has 0 N–H and O–H groups in total. The maximum absolute atomic E-state index is 13.0. The zero-order valence-corrected chi connectivity index (χ0v) is 35.8. The molecule has 0 aromatic rings. The summed E-state index contributed by atoms with van der Waals surface area (Å²) < 4.78 is 33.4. The monoisotopic (exact) mass is 782 g/mol. The van der Waals surface area contributed by atoms with E-state index < -0.39 is 24.8 Å². The van der Waals surface area contributed by atoms with Crippen LogP contribution in [0.25, 0.3) is 0 Å². The molecule has 7 heteroatoms. The van der Waals surface area contributed by atoms with E-state index in [9.17, 15) is 13.2 Å². The molecule has 0 aromatic heterocycles. The molecule has 0 amide bonds. The third-order valence-corrected chi connectivity index (χ3v) is 13.2. The summed E-state index contributed by atoms with van der Waals surface area (Å²) in [6.45, 7) is 4.65. The van der Waals surface area contributed by atoms with E-state index in [1.807, 2.05) is 5.71 Å². The SMILES string of the molecule is CCCCCC=CCC=CCCCCCCCCC(CCCCCCCCC=CCC=CCCCCC)OC(=O)[As](C)CCCOS(C)(=O)=O. The molecule has 0 saturated carbocycles. The van der Waals surface area contributed by atoms with E-state index in [1.54, 1.807) is 0 Å². The second-order valence-corrected chi connectivity index (χ2v) is 20.3. The van der Waals surface area contributed by atoms with Crippen molar-refractivity contribution in [2.75, 3.05) is 12.9 Å². The van der Waals surface area contributed by atoms with Gasteiger partial charge in [-0.05, 0) is 38.5 Å². The molecule has 0 bridgehead atoms. The molecule has 0 aromatic carbocycles. The van der Waals surface area contributed by atoms with E-state index in [4.69, 9.17) is 8.92 Å². The Balaban J connectivity index is 4.28. The van der Waals surface area contributed by atoms with Crippen LogP contribution < -0.4 is 0 Å². The van der Waals surface area contributed by atoms with E-state index in [1.165, 1.54) is 128 Å². The molecule has 50 heavy (non-hydrogen) atoms. The fraction of sp³-hybridized carbons (Fsp3) is 0.791. The zero-order valence-electron chi connectivity index (χ0n) is 33.1. The van der Waals surface area contributed by atoms with Crippen LogP contribution in [0.15, 0.2) is 48.6 Å². The summed E-state index contributed by atoms with van der Waals surface area (Å²) in [7, 11) is -3.43. The summed E-state index contributed by atoms with van der Waals surface area (Å²) in [5.74, 6) is 0. The van der Waals surface area contributed by atoms with Gasteiger partial charge in [-0.3, -0.25) is 0 Å². The summed E-state index contributed by atoms with van der Waals surface area (Å²) in [5.41, 5.74) is 2.02. The number of hydrogen-bond acceptors (Lipinski definition) is 5. The summed E-state index contributed by atoms with van der Waals surface area (Å²) in [5, 5.41) is 0.712. The first kappa shape index (κ1) is 48.9. The molecule has 0 rings (SSSR count). The van der Waals surface area contributed by atoms with Gasteiger partial charge in [-0.15, -0.1) is 0 Å². The Hall–Kier alpha value is -1.10. The predicted octanol–water partition coefficient (Wildman–Crippen LogP) is 14.0. The van der Waals surface area contributed by atoms with Gasteiger partial charge in [0.1, 0.15) is 0 Å². The molecule has 0 aliphatic heterocycles. The van der Waals surface area contributed by atoms with Gasteiger partial charge in [0.2, 0.25) is 0 Å². The van der Waals surface area contributed by atoms with Crippen LogP contribution in [-0.2, 0) is 19.0 Å². The molecule has 0 radical (unpaired) electrons. The number of unbranched alkanes of at least 4 members (excludes halogenated alkanes) is 18. The van der Waals surface area contributed by atoms with Gasteiger partial charge in [0.15, 0.2) is 0 Å². The standard InChI is InChI=1S/C43H79AsO5S/c1-5-7-9-11-13-15-17-19-21-23-25-27-29-31-33-35-38-42(49-43(45)44(3)40-37-41-48-50(4,46)47)39-36-34-32-30-28-26-24-22-20-18-16-14-12-10-8-6-2/h13-16,19-22,42H,5-12,17-18,23-41H2,1-4H3. The van der Waals surface area contributed by atoms with Crippen molar-refractivity contribution in [1.82, 2.24) is 0 Å². The zero-order chi connectivity index (χ0) is 36.8. The predicted molar refractivity (Wildman–Crippen MR) is 220 cm³/mol. The fourth-order valence-electron chi connectivity index (χ4n) is 5.82. The second kappa shape index (κ2) is 37.6. The van der Waals surface area contributed by atoms with E-state index in [0.29, 0.717) is 11.6 Å². The fourth-order valence-corrected chi connectivity index (χ4v) is 8.58. The maximum atomic E-state index is 13.0. The minimum absolute atomic E-state index is 0.0121. The Labute approximate surface area is 316 Å². The van der Waals surface area contributed by atoms with Gasteiger partial charge in [-0.2, -0.15) is 0 Å². The van der Waals surface area contributed by atoms with Gasteiger partial charge in [0.25, 0.3) is 0 Å². The number of carbonyl (C=O) groups excluding carboxylic acids is 1. The molecule has 0 aliphatic carbocycles. The van der Waals surface area contributed by atoms with Crippen LogP contribution in [0.3, 0.4) is 0 Å². The number of ether oxygens (including phenoxy) is 1. The first-order chi connectivity index (χ1) is 24.3. The van der Waals surface area contributed by atoms with Gasteiger partial charge < -0.3 is 0 Å². The molecular formula is C43H79AsO5S. The number of carbonyl (C=O) groups is 1. The van der Waals surface area contributed by atoms with E-state index >= 15 is 0 Å². The van der Waals surface area contributed by atoms with Gasteiger partial charge in [0, 0.05) is 0 Å². The average Bonchev–Trinajstić information content (AvgIpc) is 3.09. The summed E-state index contributed by atoms with van der Waals surface area (Å²) >= 11 is -1.83. The Morgan fingerprint density at radius 3 is 1.34 bits per heavy atom. The van der Waals surface area contributed by atoms with Crippen LogP contribution in [0.2, 0.25) is 10.9 Å². The van der Waals surface area contributed by atoms with Gasteiger partial charge in [0.05, 0.1) is 0 Å². The average molecular weight is 783 g/mol. The molecule has 0 heterocycles. The van der Waals surface area contributed by atoms with Crippen molar-refractivity contribution in [2.24, 2.45) is 0 Å². The number of hydrogen-bond donors (Lipinski definition) is 0. The molecule has 1 atom stereocenters. The topological polar surface area (TPSA) is 69.7 Å². The van der Waals surface area contributed by atoms with E-state index in [-0.39, 0.29) is 17.5 Å². The van der Waals surface area contributed by atoms with Crippen LogP contribution in [0.1, 0.15) is 187 Å². The number of allylic oxidation sites excluding steroid dienone is 8. The molecular weight excluding hydrogens is 703 g/mol. The van der Waals surface area contributed by atoms with Crippen molar-refractivity contribution in [3.8, 4) is 0 Å². The number of rotatable bonds is 37. The summed E-state index contributed by atoms with van der Waals surface area (Å²) in [4.78, 5) is 13.0. The third kappa shape index (κ3) is 38.1. The normalized spacial score (nSPS) is 13.8. The van der Waals surface area contributed by atoms with Crippen molar-refractivity contribution < 1.29 is 22.1 Å². The second-order valence-electron chi connectivity index (χ2n) is 14.1. The molecule has 5 nitrogen and oxygen atoms in total. The minimum atomic E-state index is -3.43. The molecule has 0 saturated heterocycles. The molecule has 0 fully saturated rings. The van der Waals surface area contributed by atoms with Crippen molar-refractivity contribution in [3.63, 3.8) is 0 Å². The Bertz CT molecular complexity index is 924. The van der Waals surface area contributed by atoms with Crippen LogP contribution in [0.5, 0.6) is 0 Å². The quantitative estimate of drug-likeness (QED) is 0.0272. The third-order valence-electron chi connectivity index (χ3n) is 8.97. The van der Waals surface area contributed by atoms with Crippen molar-refractivity contribution in [3.05, 3.63) is 48.6 Å². The Morgan fingerprint density at radius 2 is 0.940 bits per heavy atom. The Morgan fingerprint density at radius 1 is 0.560 bits per heavy atom. The van der Waals surface area contributed by atoms with E-state index in [0.717, 1.165) is 44.8 Å². The first-order valence-corrected chi connectivity index (χ1v) is 26.6.